The first-order valence-electron chi connectivity index (χ1n) is 7.06. The maximum atomic E-state index is 12.3. The standard InChI is InChI=1S/C17H15N3O2S/c1-10-6-16(21)14(8-18-10)17(22)20-13-5-3-4-12(7-13)15-9-23-11(2)19-15/h3-9H,1-2H3,(H,18,21)(H,20,22). The van der Waals surface area contributed by atoms with Crippen LogP contribution in [0.15, 0.2) is 46.7 Å². The molecule has 0 aliphatic carbocycles. The highest BCUT2D eigenvalue weighted by molar-refractivity contribution is 7.09. The van der Waals surface area contributed by atoms with E-state index in [9.17, 15) is 9.59 Å². The third-order valence-electron chi connectivity index (χ3n) is 3.34. The molecule has 0 spiro atoms. The second-order valence-corrected chi connectivity index (χ2v) is 6.24. The van der Waals surface area contributed by atoms with Crippen LogP contribution in [0.5, 0.6) is 0 Å². The molecule has 23 heavy (non-hydrogen) atoms. The quantitative estimate of drug-likeness (QED) is 0.775. The number of hydrogen-bond donors (Lipinski definition) is 2. The molecule has 0 atom stereocenters. The molecular weight excluding hydrogens is 310 g/mol. The zero-order valence-electron chi connectivity index (χ0n) is 12.7. The zero-order valence-corrected chi connectivity index (χ0v) is 13.5. The molecule has 2 N–H and O–H groups in total. The summed E-state index contributed by atoms with van der Waals surface area (Å²) < 4.78 is 0. The number of carbonyl (C=O) groups is 1. The fraction of sp³-hybridized carbons (Fsp3) is 0.118. The zero-order chi connectivity index (χ0) is 16.4. The van der Waals surface area contributed by atoms with Crippen molar-refractivity contribution in [3.63, 3.8) is 0 Å². The summed E-state index contributed by atoms with van der Waals surface area (Å²) in [5, 5.41) is 5.71. The summed E-state index contributed by atoms with van der Waals surface area (Å²) >= 11 is 1.58. The molecular formula is C17H15N3O2S. The SMILES string of the molecule is Cc1cc(=O)c(C(=O)Nc2cccc(-c3csc(C)n3)c2)c[nH]1. The fourth-order valence-electron chi connectivity index (χ4n) is 2.20. The van der Waals surface area contributed by atoms with E-state index in [0.29, 0.717) is 11.4 Å². The first-order valence-corrected chi connectivity index (χ1v) is 7.94. The van der Waals surface area contributed by atoms with Gasteiger partial charge in [-0.1, -0.05) is 12.1 Å². The average Bonchev–Trinajstić information content (AvgIpc) is 2.94. The number of pyridine rings is 1. The molecule has 6 heteroatoms. The molecule has 0 saturated carbocycles. The summed E-state index contributed by atoms with van der Waals surface area (Å²) in [5.41, 5.74) is 2.92. The Labute approximate surface area is 137 Å². The molecule has 0 radical (unpaired) electrons. The third-order valence-corrected chi connectivity index (χ3v) is 4.11. The Kier molecular flexibility index (Phi) is 4.08. The van der Waals surface area contributed by atoms with Crippen LogP contribution in [0.4, 0.5) is 5.69 Å². The Morgan fingerprint density at radius 1 is 1.26 bits per heavy atom. The van der Waals surface area contributed by atoms with Gasteiger partial charge < -0.3 is 10.3 Å². The Hall–Kier alpha value is -2.73. The van der Waals surface area contributed by atoms with Gasteiger partial charge >= 0.3 is 0 Å². The van der Waals surface area contributed by atoms with E-state index in [-0.39, 0.29) is 11.0 Å². The minimum Gasteiger partial charge on any atom is -0.364 e. The largest absolute Gasteiger partial charge is 0.364 e. The van der Waals surface area contributed by atoms with Crippen molar-refractivity contribution in [2.75, 3.05) is 5.32 Å². The van der Waals surface area contributed by atoms with Crippen LogP contribution in [0.25, 0.3) is 11.3 Å². The van der Waals surface area contributed by atoms with Gasteiger partial charge in [0.25, 0.3) is 5.91 Å². The van der Waals surface area contributed by atoms with Crippen LogP contribution in [0, 0.1) is 13.8 Å². The number of thiazole rings is 1. The van der Waals surface area contributed by atoms with E-state index < -0.39 is 5.91 Å². The molecule has 0 bridgehead atoms. The van der Waals surface area contributed by atoms with E-state index in [1.54, 1.807) is 24.3 Å². The Morgan fingerprint density at radius 3 is 2.78 bits per heavy atom. The van der Waals surface area contributed by atoms with E-state index in [4.69, 9.17) is 0 Å². The van der Waals surface area contributed by atoms with E-state index in [1.165, 1.54) is 12.3 Å². The molecule has 0 aliphatic heterocycles. The van der Waals surface area contributed by atoms with Crippen molar-refractivity contribution >= 4 is 22.9 Å². The first-order chi connectivity index (χ1) is 11.0. The smallest absolute Gasteiger partial charge is 0.261 e. The van der Waals surface area contributed by atoms with Gasteiger partial charge in [-0.05, 0) is 26.0 Å². The third kappa shape index (κ3) is 3.37. The number of amides is 1. The summed E-state index contributed by atoms with van der Waals surface area (Å²) in [6, 6.07) is 8.81. The normalized spacial score (nSPS) is 10.5. The molecule has 2 heterocycles. The van der Waals surface area contributed by atoms with Crippen LogP contribution in [-0.4, -0.2) is 15.9 Å². The first kappa shape index (κ1) is 15.2. The minimum atomic E-state index is -0.433. The van der Waals surface area contributed by atoms with Gasteiger partial charge in [0.2, 0.25) is 0 Å². The lowest BCUT2D eigenvalue weighted by molar-refractivity contribution is 0.102. The minimum absolute atomic E-state index is 0.0884. The van der Waals surface area contributed by atoms with Gasteiger partial charge in [-0.15, -0.1) is 11.3 Å². The number of H-pyrrole nitrogens is 1. The number of aromatic nitrogens is 2. The summed E-state index contributed by atoms with van der Waals surface area (Å²) in [6.07, 6.45) is 1.43. The number of benzene rings is 1. The van der Waals surface area contributed by atoms with Crippen LogP contribution < -0.4 is 10.7 Å². The van der Waals surface area contributed by atoms with Crippen molar-refractivity contribution in [3.05, 3.63) is 68.4 Å². The summed E-state index contributed by atoms with van der Waals surface area (Å²) in [4.78, 5) is 31.4. The molecule has 0 unspecified atom stereocenters. The topological polar surface area (TPSA) is 74.8 Å². The van der Waals surface area contributed by atoms with Crippen LogP contribution >= 0.6 is 11.3 Å². The highest BCUT2D eigenvalue weighted by Gasteiger charge is 2.11. The lowest BCUT2D eigenvalue weighted by Gasteiger charge is -2.06. The van der Waals surface area contributed by atoms with Crippen LogP contribution in [0.3, 0.4) is 0 Å². The maximum Gasteiger partial charge on any atom is 0.261 e. The molecule has 1 aromatic carbocycles. The van der Waals surface area contributed by atoms with Gasteiger partial charge in [0, 0.05) is 34.6 Å². The lowest BCUT2D eigenvalue weighted by Crippen LogP contribution is -2.21. The maximum absolute atomic E-state index is 12.3. The van der Waals surface area contributed by atoms with Crippen molar-refractivity contribution in [3.8, 4) is 11.3 Å². The fourth-order valence-corrected chi connectivity index (χ4v) is 2.82. The number of aromatic amines is 1. The monoisotopic (exact) mass is 325 g/mol. The average molecular weight is 325 g/mol. The van der Waals surface area contributed by atoms with Crippen molar-refractivity contribution in [2.24, 2.45) is 0 Å². The van der Waals surface area contributed by atoms with Gasteiger partial charge in [-0.3, -0.25) is 9.59 Å². The number of anilines is 1. The second kappa shape index (κ2) is 6.18. The summed E-state index contributed by atoms with van der Waals surface area (Å²) in [7, 11) is 0. The van der Waals surface area contributed by atoms with Crippen molar-refractivity contribution in [2.45, 2.75) is 13.8 Å². The summed E-state index contributed by atoms with van der Waals surface area (Å²) in [6.45, 7) is 3.71. The predicted octanol–water partition coefficient (Wildman–Crippen LogP) is 3.37. The highest BCUT2D eigenvalue weighted by Crippen LogP contribution is 2.24. The van der Waals surface area contributed by atoms with E-state index in [0.717, 1.165) is 16.3 Å². The molecule has 116 valence electrons. The number of nitrogens with one attached hydrogen (secondary N) is 2. The van der Waals surface area contributed by atoms with Gasteiger partial charge in [-0.2, -0.15) is 0 Å². The molecule has 2 aromatic heterocycles. The molecule has 3 rings (SSSR count). The van der Waals surface area contributed by atoms with Crippen LogP contribution in [0.1, 0.15) is 21.1 Å². The number of hydrogen-bond acceptors (Lipinski definition) is 4. The van der Waals surface area contributed by atoms with Crippen LogP contribution in [-0.2, 0) is 0 Å². The Balaban J connectivity index is 1.85. The van der Waals surface area contributed by atoms with E-state index >= 15 is 0 Å². The molecule has 1 amide bonds. The molecule has 3 aromatic rings. The summed E-state index contributed by atoms with van der Waals surface area (Å²) in [5.74, 6) is -0.433. The van der Waals surface area contributed by atoms with E-state index in [2.05, 4.69) is 15.3 Å². The van der Waals surface area contributed by atoms with Crippen molar-refractivity contribution in [1.82, 2.24) is 9.97 Å². The van der Waals surface area contributed by atoms with Crippen molar-refractivity contribution < 1.29 is 4.79 Å². The number of nitrogens with zero attached hydrogens (tertiary/aromatic N) is 1. The molecule has 5 nitrogen and oxygen atoms in total. The van der Waals surface area contributed by atoms with Gasteiger partial charge in [0.1, 0.15) is 5.56 Å². The lowest BCUT2D eigenvalue weighted by atomic mass is 10.1. The molecule has 0 aliphatic rings. The van der Waals surface area contributed by atoms with Crippen molar-refractivity contribution in [1.29, 1.82) is 0 Å². The molecule has 0 fully saturated rings. The number of aryl methyl sites for hydroxylation is 2. The Morgan fingerprint density at radius 2 is 2.09 bits per heavy atom. The predicted molar refractivity (Wildman–Crippen MR) is 92.0 cm³/mol. The second-order valence-electron chi connectivity index (χ2n) is 5.18. The van der Waals surface area contributed by atoms with Gasteiger partial charge in [-0.25, -0.2) is 4.98 Å². The highest BCUT2D eigenvalue weighted by atomic mass is 32.1. The Bertz CT molecular complexity index is 927. The van der Waals surface area contributed by atoms with Gasteiger partial charge in [0.05, 0.1) is 10.7 Å². The van der Waals surface area contributed by atoms with E-state index in [1.807, 2.05) is 30.5 Å². The van der Waals surface area contributed by atoms with Gasteiger partial charge in [0.15, 0.2) is 5.43 Å². The van der Waals surface area contributed by atoms with Crippen LogP contribution in [0.2, 0.25) is 0 Å². The number of carbonyl (C=O) groups excluding carboxylic acids is 1. The number of rotatable bonds is 3. The molecule has 0 saturated heterocycles.